The number of nitrogens with zero attached hydrogens (tertiary/aromatic N) is 1. The Balaban J connectivity index is 1.80. The molecule has 0 unspecified atom stereocenters. The lowest BCUT2D eigenvalue weighted by Crippen LogP contribution is -2.31. The zero-order valence-corrected chi connectivity index (χ0v) is 11.2. The number of aliphatic carboxylic acids is 1. The van der Waals surface area contributed by atoms with Crippen LogP contribution < -0.4 is 5.32 Å². The van der Waals surface area contributed by atoms with Crippen molar-refractivity contribution in [2.75, 3.05) is 5.32 Å². The van der Waals surface area contributed by atoms with Crippen molar-refractivity contribution in [3.8, 4) is 0 Å². The van der Waals surface area contributed by atoms with E-state index in [0.29, 0.717) is 17.5 Å². The number of nitrogens with one attached hydrogen (secondary N) is 1. The van der Waals surface area contributed by atoms with Gasteiger partial charge in [0.1, 0.15) is 11.6 Å². The molecular formula is C16H14N2O3. The van der Waals surface area contributed by atoms with Gasteiger partial charge in [0.15, 0.2) is 5.58 Å². The Bertz CT molecular complexity index is 719. The summed E-state index contributed by atoms with van der Waals surface area (Å²) >= 11 is 0. The molecule has 1 heterocycles. The molecule has 3 aromatic rings. The van der Waals surface area contributed by atoms with Crippen LogP contribution in [0, 0.1) is 0 Å². The molecule has 21 heavy (non-hydrogen) atoms. The molecule has 2 aromatic carbocycles. The number of para-hydroxylation sites is 2. The third-order valence-electron chi connectivity index (χ3n) is 3.17. The van der Waals surface area contributed by atoms with Gasteiger partial charge in [0.25, 0.3) is 6.01 Å². The second-order valence-electron chi connectivity index (χ2n) is 4.71. The Labute approximate surface area is 121 Å². The second kappa shape index (κ2) is 5.66. The van der Waals surface area contributed by atoms with Gasteiger partial charge in [-0.25, -0.2) is 4.79 Å². The molecule has 0 radical (unpaired) electrons. The van der Waals surface area contributed by atoms with Crippen molar-refractivity contribution in [1.82, 2.24) is 4.98 Å². The fraction of sp³-hybridized carbons (Fsp3) is 0.125. The second-order valence-corrected chi connectivity index (χ2v) is 4.71. The molecule has 1 atom stereocenters. The highest BCUT2D eigenvalue weighted by Crippen LogP contribution is 2.19. The highest BCUT2D eigenvalue weighted by atomic mass is 16.4. The van der Waals surface area contributed by atoms with Gasteiger partial charge >= 0.3 is 5.97 Å². The smallest absolute Gasteiger partial charge is 0.326 e. The Hall–Kier alpha value is -2.82. The highest BCUT2D eigenvalue weighted by molar-refractivity contribution is 5.78. The van der Waals surface area contributed by atoms with Crippen molar-refractivity contribution in [1.29, 1.82) is 0 Å². The number of hydrogen-bond acceptors (Lipinski definition) is 4. The molecule has 0 saturated heterocycles. The molecule has 5 nitrogen and oxygen atoms in total. The van der Waals surface area contributed by atoms with Crippen molar-refractivity contribution >= 4 is 23.1 Å². The van der Waals surface area contributed by atoms with Crippen molar-refractivity contribution in [3.05, 3.63) is 60.2 Å². The first-order valence-electron chi connectivity index (χ1n) is 6.61. The van der Waals surface area contributed by atoms with E-state index in [2.05, 4.69) is 10.3 Å². The van der Waals surface area contributed by atoms with E-state index < -0.39 is 12.0 Å². The van der Waals surface area contributed by atoms with E-state index in [4.69, 9.17) is 4.42 Å². The standard InChI is InChI=1S/C16H14N2O3/c19-15(20)13(10-11-6-2-1-3-7-11)18-16-17-12-8-4-5-9-14(12)21-16/h1-9,13H,10H2,(H,17,18)(H,19,20)/t13-/m0/s1. The molecule has 0 bridgehead atoms. The number of carboxylic acid groups (broad SMARTS) is 1. The number of aromatic nitrogens is 1. The van der Waals surface area contributed by atoms with E-state index in [9.17, 15) is 9.90 Å². The summed E-state index contributed by atoms with van der Waals surface area (Å²) in [5, 5.41) is 12.2. The van der Waals surface area contributed by atoms with Gasteiger partial charge < -0.3 is 14.8 Å². The van der Waals surface area contributed by atoms with Crippen LogP contribution in [0.25, 0.3) is 11.1 Å². The minimum absolute atomic E-state index is 0.222. The molecule has 0 spiro atoms. The summed E-state index contributed by atoms with van der Waals surface area (Å²) in [7, 11) is 0. The zero-order chi connectivity index (χ0) is 14.7. The number of oxazole rings is 1. The van der Waals surface area contributed by atoms with E-state index in [1.807, 2.05) is 48.5 Å². The Morgan fingerprint density at radius 3 is 2.57 bits per heavy atom. The van der Waals surface area contributed by atoms with Gasteiger partial charge in [-0.3, -0.25) is 0 Å². The summed E-state index contributed by atoms with van der Waals surface area (Å²) < 4.78 is 5.50. The number of fused-ring (bicyclic) bond motifs is 1. The zero-order valence-electron chi connectivity index (χ0n) is 11.2. The Morgan fingerprint density at radius 1 is 1.14 bits per heavy atom. The molecular weight excluding hydrogens is 268 g/mol. The normalized spacial score (nSPS) is 12.2. The number of anilines is 1. The summed E-state index contributed by atoms with van der Waals surface area (Å²) in [6.45, 7) is 0. The van der Waals surface area contributed by atoms with Crippen molar-refractivity contribution in [3.63, 3.8) is 0 Å². The highest BCUT2D eigenvalue weighted by Gasteiger charge is 2.20. The van der Waals surface area contributed by atoms with Crippen LogP contribution in [-0.4, -0.2) is 22.1 Å². The van der Waals surface area contributed by atoms with Crippen LogP contribution in [-0.2, 0) is 11.2 Å². The van der Waals surface area contributed by atoms with Gasteiger partial charge in [0, 0.05) is 6.42 Å². The van der Waals surface area contributed by atoms with Gasteiger partial charge in [-0.05, 0) is 17.7 Å². The molecule has 0 aliphatic rings. The molecule has 0 aliphatic carbocycles. The van der Waals surface area contributed by atoms with E-state index in [1.165, 1.54) is 0 Å². The van der Waals surface area contributed by atoms with Crippen LogP contribution in [0.2, 0.25) is 0 Å². The number of carboxylic acids is 1. The third-order valence-corrected chi connectivity index (χ3v) is 3.17. The number of rotatable bonds is 5. The summed E-state index contributed by atoms with van der Waals surface area (Å²) in [6.07, 6.45) is 0.356. The molecule has 5 heteroatoms. The fourth-order valence-electron chi connectivity index (χ4n) is 2.13. The summed E-state index contributed by atoms with van der Waals surface area (Å²) in [5.41, 5.74) is 2.27. The van der Waals surface area contributed by atoms with Crippen LogP contribution >= 0.6 is 0 Å². The first-order valence-corrected chi connectivity index (χ1v) is 6.61. The van der Waals surface area contributed by atoms with E-state index in [1.54, 1.807) is 6.07 Å². The predicted octanol–water partition coefficient (Wildman–Crippen LogP) is 2.94. The van der Waals surface area contributed by atoms with E-state index in [0.717, 1.165) is 5.56 Å². The van der Waals surface area contributed by atoms with Gasteiger partial charge in [-0.1, -0.05) is 42.5 Å². The van der Waals surface area contributed by atoms with Crippen molar-refractivity contribution in [2.45, 2.75) is 12.5 Å². The maximum Gasteiger partial charge on any atom is 0.326 e. The van der Waals surface area contributed by atoms with Gasteiger partial charge in [-0.15, -0.1) is 0 Å². The lowest BCUT2D eigenvalue weighted by Gasteiger charge is -2.12. The van der Waals surface area contributed by atoms with Gasteiger partial charge in [-0.2, -0.15) is 4.98 Å². The Morgan fingerprint density at radius 2 is 1.86 bits per heavy atom. The molecule has 0 saturated carbocycles. The van der Waals surface area contributed by atoms with E-state index >= 15 is 0 Å². The number of carbonyl (C=O) groups is 1. The minimum Gasteiger partial charge on any atom is -0.480 e. The molecule has 0 fully saturated rings. The summed E-state index contributed by atoms with van der Waals surface area (Å²) in [4.78, 5) is 15.6. The SMILES string of the molecule is O=C(O)[C@H](Cc1ccccc1)Nc1nc2ccccc2o1. The average molecular weight is 282 g/mol. The lowest BCUT2D eigenvalue weighted by atomic mass is 10.1. The predicted molar refractivity (Wildman–Crippen MR) is 79.2 cm³/mol. The largest absolute Gasteiger partial charge is 0.480 e. The lowest BCUT2D eigenvalue weighted by molar-refractivity contribution is -0.137. The van der Waals surface area contributed by atoms with Gasteiger partial charge in [0.05, 0.1) is 0 Å². The average Bonchev–Trinajstić information content (AvgIpc) is 2.90. The maximum absolute atomic E-state index is 11.4. The van der Waals surface area contributed by atoms with Crippen molar-refractivity contribution < 1.29 is 14.3 Å². The van der Waals surface area contributed by atoms with Crippen molar-refractivity contribution in [2.24, 2.45) is 0 Å². The molecule has 2 N–H and O–H groups in total. The quantitative estimate of drug-likeness (QED) is 0.752. The number of hydrogen-bond donors (Lipinski definition) is 2. The van der Waals surface area contributed by atoms with Crippen LogP contribution in [0.15, 0.2) is 59.0 Å². The van der Waals surface area contributed by atoms with E-state index in [-0.39, 0.29) is 6.01 Å². The van der Waals surface area contributed by atoms with Crippen LogP contribution in [0.1, 0.15) is 5.56 Å². The van der Waals surface area contributed by atoms with Crippen LogP contribution in [0.5, 0.6) is 0 Å². The van der Waals surface area contributed by atoms with Crippen LogP contribution in [0.3, 0.4) is 0 Å². The summed E-state index contributed by atoms with van der Waals surface area (Å²) in [6, 6.07) is 16.2. The first kappa shape index (κ1) is 13.2. The Kier molecular flexibility index (Phi) is 3.55. The van der Waals surface area contributed by atoms with Gasteiger partial charge in [0.2, 0.25) is 0 Å². The maximum atomic E-state index is 11.4. The molecule has 1 aromatic heterocycles. The van der Waals surface area contributed by atoms with Crippen LogP contribution in [0.4, 0.5) is 6.01 Å². The molecule has 106 valence electrons. The molecule has 0 aliphatic heterocycles. The molecule has 3 rings (SSSR count). The third kappa shape index (κ3) is 3.02. The monoisotopic (exact) mass is 282 g/mol. The fourth-order valence-corrected chi connectivity index (χ4v) is 2.13. The minimum atomic E-state index is -0.943. The topological polar surface area (TPSA) is 75.4 Å². The first-order chi connectivity index (χ1) is 10.2. The summed E-state index contributed by atoms with van der Waals surface area (Å²) in [5.74, 6) is -0.943. The molecule has 0 amide bonds. The number of benzene rings is 2.